The molecule has 1 rings (SSSR count). The van der Waals surface area contributed by atoms with E-state index in [1.807, 2.05) is 0 Å². The van der Waals surface area contributed by atoms with Gasteiger partial charge in [0.25, 0.3) is 0 Å². The van der Waals surface area contributed by atoms with Gasteiger partial charge in [0.15, 0.2) is 12.4 Å². The van der Waals surface area contributed by atoms with Crippen LogP contribution in [0.1, 0.15) is 141 Å². The molecule has 0 aliphatic rings. The molecule has 1 heterocycles. The monoisotopic (exact) mass is 402 g/mol. The first kappa shape index (κ1) is 26.2. The summed E-state index contributed by atoms with van der Waals surface area (Å²) in [5.74, 6) is 0. The lowest BCUT2D eigenvalue weighted by Crippen LogP contribution is -2.32. The third kappa shape index (κ3) is 16.6. The fourth-order valence-corrected chi connectivity index (χ4v) is 4.23. The molecule has 0 unspecified atom stereocenters. The van der Waals surface area contributed by atoms with Crippen molar-refractivity contribution in [3.8, 4) is 0 Å². The molecular weight excluding hydrogens is 350 g/mol. The van der Waals surface area contributed by atoms with Crippen molar-refractivity contribution in [2.45, 2.75) is 149 Å². The first-order valence-electron chi connectivity index (χ1n) is 13.3. The van der Waals surface area contributed by atoms with Gasteiger partial charge in [-0.1, -0.05) is 117 Å². The van der Waals surface area contributed by atoms with Crippen LogP contribution in [0.15, 0.2) is 24.5 Å². The van der Waals surface area contributed by atoms with Gasteiger partial charge in [-0.2, -0.15) is 0 Å². The lowest BCUT2D eigenvalue weighted by molar-refractivity contribution is -0.697. The Bertz CT molecular complexity index is 436. The molecule has 0 aliphatic carbocycles. The van der Waals surface area contributed by atoms with Gasteiger partial charge >= 0.3 is 0 Å². The Hall–Kier alpha value is -0.850. The summed E-state index contributed by atoms with van der Waals surface area (Å²) in [5, 5.41) is 0. The standard InChI is InChI=1S/C28H52N/c1-3-5-7-9-10-11-12-13-14-15-16-17-19-21-25-29-26-23-28(24-27-29)22-20-18-8-6-4-2/h23-24,26-27H,3-22,25H2,1-2H3/q+1. The van der Waals surface area contributed by atoms with Crippen LogP contribution in [-0.2, 0) is 13.0 Å². The van der Waals surface area contributed by atoms with Crippen LogP contribution in [0.25, 0.3) is 0 Å². The Morgan fingerprint density at radius 2 is 0.862 bits per heavy atom. The molecular formula is C28H52N+. The zero-order valence-corrected chi connectivity index (χ0v) is 20.1. The van der Waals surface area contributed by atoms with E-state index in [-0.39, 0.29) is 0 Å². The summed E-state index contributed by atoms with van der Waals surface area (Å²) < 4.78 is 2.38. The second-order valence-electron chi connectivity index (χ2n) is 9.20. The van der Waals surface area contributed by atoms with E-state index in [4.69, 9.17) is 0 Å². The zero-order valence-electron chi connectivity index (χ0n) is 20.1. The second-order valence-corrected chi connectivity index (χ2v) is 9.20. The third-order valence-corrected chi connectivity index (χ3v) is 6.30. The Labute approximate surface area is 183 Å². The van der Waals surface area contributed by atoms with Gasteiger partial charge < -0.3 is 0 Å². The number of aryl methyl sites for hydroxylation is 2. The summed E-state index contributed by atoms with van der Waals surface area (Å²) in [5.41, 5.74) is 1.51. The predicted octanol–water partition coefficient (Wildman–Crippen LogP) is 8.97. The smallest absolute Gasteiger partial charge is 0.169 e. The molecule has 168 valence electrons. The Morgan fingerprint density at radius 1 is 0.483 bits per heavy atom. The first-order valence-corrected chi connectivity index (χ1v) is 13.3. The van der Waals surface area contributed by atoms with Gasteiger partial charge in [-0.05, 0) is 24.8 Å². The fourth-order valence-electron chi connectivity index (χ4n) is 4.23. The molecule has 0 radical (unpaired) electrons. The SMILES string of the molecule is CCCCCCCCCCCCCCCC[n+]1ccc(CCCCCCC)cc1. The summed E-state index contributed by atoms with van der Waals surface area (Å²) in [6.45, 7) is 5.77. The molecule has 0 aliphatic heterocycles. The lowest BCUT2D eigenvalue weighted by Gasteiger charge is -2.03. The van der Waals surface area contributed by atoms with Crippen LogP contribution in [0, 0.1) is 0 Å². The van der Waals surface area contributed by atoms with Crippen LogP contribution in [0.3, 0.4) is 0 Å². The number of rotatable bonds is 21. The van der Waals surface area contributed by atoms with Crippen molar-refractivity contribution in [3.05, 3.63) is 30.1 Å². The summed E-state index contributed by atoms with van der Waals surface area (Å²) >= 11 is 0. The van der Waals surface area contributed by atoms with E-state index in [0.29, 0.717) is 0 Å². The minimum atomic E-state index is 1.19. The molecule has 0 spiro atoms. The van der Waals surface area contributed by atoms with Crippen LogP contribution >= 0.6 is 0 Å². The molecule has 1 heteroatoms. The van der Waals surface area contributed by atoms with Crippen LogP contribution in [0.5, 0.6) is 0 Å². The van der Waals surface area contributed by atoms with Crippen molar-refractivity contribution >= 4 is 0 Å². The van der Waals surface area contributed by atoms with E-state index >= 15 is 0 Å². The van der Waals surface area contributed by atoms with E-state index in [1.165, 1.54) is 141 Å². The molecule has 0 amide bonds. The molecule has 0 N–H and O–H groups in total. The molecule has 0 aromatic carbocycles. The maximum absolute atomic E-state index is 2.38. The van der Waals surface area contributed by atoms with Crippen LogP contribution in [-0.4, -0.2) is 0 Å². The average Bonchev–Trinajstić information content (AvgIpc) is 2.75. The first-order chi connectivity index (χ1) is 14.4. The van der Waals surface area contributed by atoms with E-state index in [0.717, 1.165) is 0 Å². The molecule has 0 atom stereocenters. The number of nitrogens with zero attached hydrogens (tertiary/aromatic N) is 1. The zero-order chi connectivity index (χ0) is 20.8. The van der Waals surface area contributed by atoms with Crippen LogP contribution in [0.2, 0.25) is 0 Å². The maximum Gasteiger partial charge on any atom is 0.169 e. The van der Waals surface area contributed by atoms with Gasteiger partial charge in [0.05, 0.1) is 0 Å². The normalized spacial score (nSPS) is 11.2. The summed E-state index contributed by atoms with van der Waals surface area (Å²) in [6, 6.07) is 4.67. The number of aromatic nitrogens is 1. The van der Waals surface area contributed by atoms with Crippen LogP contribution < -0.4 is 4.57 Å². The largest absolute Gasteiger partial charge is 0.205 e. The number of unbranched alkanes of at least 4 members (excludes halogenated alkanes) is 17. The van der Waals surface area contributed by atoms with Gasteiger partial charge in [0.1, 0.15) is 6.54 Å². The highest BCUT2D eigenvalue weighted by Gasteiger charge is 2.01. The topological polar surface area (TPSA) is 3.88 Å². The highest BCUT2D eigenvalue weighted by molar-refractivity contribution is 5.07. The van der Waals surface area contributed by atoms with Crippen LogP contribution in [0.4, 0.5) is 0 Å². The number of pyridine rings is 1. The average molecular weight is 403 g/mol. The van der Waals surface area contributed by atoms with Crippen molar-refractivity contribution in [3.63, 3.8) is 0 Å². The molecule has 1 aromatic rings. The van der Waals surface area contributed by atoms with Crippen molar-refractivity contribution in [2.24, 2.45) is 0 Å². The molecule has 1 nitrogen and oxygen atoms in total. The van der Waals surface area contributed by atoms with Gasteiger partial charge in [0, 0.05) is 18.6 Å². The molecule has 0 fully saturated rings. The lowest BCUT2D eigenvalue weighted by atomic mass is 10.0. The van der Waals surface area contributed by atoms with Crippen molar-refractivity contribution < 1.29 is 4.57 Å². The Morgan fingerprint density at radius 3 is 1.31 bits per heavy atom. The summed E-state index contributed by atoms with van der Waals surface area (Å²) in [6.07, 6.45) is 32.8. The fraction of sp³-hybridized carbons (Fsp3) is 0.821. The van der Waals surface area contributed by atoms with E-state index in [9.17, 15) is 0 Å². The Kier molecular flexibility index (Phi) is 18.4. The Balaban J connectivity index is 1.87. The predicted molar refractivity (Wildman–Crippen MR) is 129 cm³/mol. The molecule has 1 aromatic heterocycles. The number of hydrogen-bond donors (Lipinski definition) is 0. The minimum Gasteiger partial charge on any atom is -0.205 e. The molecule has 0 saturated carbocycles. The van der Waals surface area contributed by atoms with Crippen molar-refractivity contribution in [1.29, 1.82) is 0 Å². The van der Waals surface area contributed by atoms with Gasteiger partial charge in [-0.25, -0.2) is 4.57 Å². The van der Waals surface area contributed by atoms with E-state index in [2.05, 4.69) is 42.9 Å². The van der Waals surface area contributed by atoms with E-state index < -0.39 is 0 Å². The van der Waals surface area contributed by atoms with Gasteiger partial charge in [-0.3, -0.25) is 0 Å². The van der Waals surface area contributed by atoms with E-state index in [1.54, 1.807) is 0 Å². The highest BCUT2D eigenvalue weighted by Crippen LogP contribution is 2.13. The summed E-state index contributed by atoms with van der Waals surface area (Å²) in [7, 11) is 0. The molecule has 0 bridgehead atoms. The van der Waals surface area contributed by atoms with Gasteiger partial charge in [0.2, 0.25) is 0 Å². The van der Waals surface area contributed by atoms with Crippen molar-refractivity contribution in [2.75, 3.05) is 0 Å². The second kappa shape index (κ2) is 20.4. The third-order valence-electron chi connectivity index (χ3n) is 6.30. The summed E-state index contributed by atoms with van der Waals surface area (Å²) in [4.78, 5) is 0. The minimum absolute atomic E-state index is 1.19. The quantitative estimate of drug-likeness (QED) is 0.143. The van der Waals surface area contributed by atoms with Crippen molar-refractivity contribution in [1.82, 2.24) is 0 Å². The maximum atomic E-state index is 2.38. The van der Waals surface area contributed by atoms with Gasteiger partial charge in [-0.15, -0.1) is 0 Å². The molecule has 0 saturated heterocycles. The number of hydrogen-bond acceptors (Lipinski definition) is 0. The highest BCUT2D eigenvalue weighted by atomic mass is 14.9. The molecule has 29 heavy (non-hydrogen) atoms.